The normalized spacial score (nSPS) is 18.0. The van der Waals surface area contributed by atoms with Crippen LogP contribution < -0.4 is 5.32 Å². The number of nitrogens with one attached hydrogen (secondary N) is 1. The van der Waals surface area contributed by atoms with Crippen molar-refractivity contribution in [3.05, 3.63) is 18.2 Å². The number of aliphatic hydroxyl groups excluding tert-OH is 1. The second-order valence-corrected chi connectivity index (χ2v) is 4.54. The Morgan fingerprint density at radius 3 is 2.93 bits per heavy atom. The van der Waals surface area contributed by atoms with Gasteiger partial charge in [0.05, 0.1) is 0 Å². The highest BCUT2D eigenvalue weighted by atomic mass is 16.3. The number of imidazole rings is 1. The third-order valence-corrected chi connectivity index (χ3v) is 3.24. The third-order valence-electron chi connectivity index (χ3n) is 3.24. The first kappa shape index (κ1) is 10.6. The first-order valence-corrected chi connectivity index (χ1v) is 5.54. The van der Waals surface area contributed by atoms with Crippen LogP contribution in [-0.2, 0) is 13.5 Å². The molecule has 2 N–H and O–H groups in total. The number of hydrogen-bond acceptors (Lipinski definition) is 3. The summed E-state index contributed by atoms with van der Waals surface area (Å²) >= 11 is 0. The van der Waals surface area contributed by atoms with Crippen LogP contribution in [0.25, 0.3) is 0 Å². The maximum atomic E-state index is 9.13. The monoisotopic (exact) mass is 209 g/mol. The van der Waals surface area contributed by atoms with Crippen molar-refractivity contribution in [2.75, 3.05) is 19.7 Å². The summed E-state index contributed by atoms with van der Waals surface area (Å²) in [6.45, 7) is 2.20. The molecule has 1 aliphatic carbocycles. The van der Waals surface area contributed by atoms with Crippen LogP contribution in [0.5, 0.6) is 0 Å². The van der Waals surface area contributed by atoms with Crippen LogP contribution in [0.2, 0.25) is 0 Å². The lowest BCUT2D eigenvalue weighted by molar-refractivity contribution is 0.208. The van der Waals surface area contributed by atoms with Gasteiger partial charge in [-0.05, 0) is 12.8 Å². The largest absolute Gasteiger partial charge is 0.396 e. The molecule has 0 atom stereocenters. The number of aryl methyl sites for hydroxylation is 1. The van der Waals surface area contributed by atoms with Gasteiger partial charge in [-0.3, -0.25) is 0 Å². The lowest BCUT2D eigenvalue weighted by Gasteiger charge is -2.12. The van der Waals surface area contributed by atoms with Gasteiger partial charge in [-0.1, -0.05) is 0 Å². The fraction of sp³-hybridized carbons (Fsp3) is 0.727. The van der Waals surface area contributed by atoms with Gasteiger partial charge in [0, 0.05) is 51.0 Å². The van der Waals surface area contributed by atoms with Crippen molar-refractivity contribution in [2.45, 2.75) is 19.3 Å². The van der Waals surface area contributed by atoms with Gasteiger partial charge in [0.15, 0.2) is 0 Å². The van der Waals surface area contributed by atoms with E-state index >= 15 is 0 Å². The van der Waals surface area contributed by atoms with Crippen molar-refractivity contribution in [1.82, 2.24) is 14.9 Å². The van der Waals surface area contributed by atoms with E-state index < -0.39 is 0 Å². The van der Waals surface area contributed by atoms with Gasteiger partial charge in [0.1, 0.15) is 5.82 Å². The molecular weight excluding hydrogens is 190 g/mol. The van der Waals surface area contributed by atoms with E-state index in [9.17, 15) is 0 Å². The average Bonchev–Trinajstić information content (AvgIpc) is 2.92. The van der Waals surface area contributed by atoms with Crippen LogP contribution in [0.4, 0.5) is 0 Å². The molecule has 1 aromatic heterocycles. The summed E-state index contributed by atoms with van der Waals surface area (Å²) in [6.07, 6.45) is 7.07. The van der Waals surface area contributed by atoms with Crippen molar-refractivity contribution in [3.63, 3.8) is 0 Å². The molecule has 0 aliphatic heterocycles. The zero-order valence-electron chi connectivity index (χ0n) is 9.24. The molecule has 15 heavy (non-hydrogen) atoms. The van der Waals surface area contributed by atoms with Gasteiger partial charge < -0.3 is 15.0 Å². The van der Waals surface area contributed by atoms with Crippen molar-refractivity contribution in [1.29, 1.82) is 0 Å². The van der Waals surface area contributed by atoms with Crippen LogP contribution in [0, 0.1) is 5.41 Å². The maximum absolute atomic E-state index is 9.13. The standard InChI is InChI=1S/C11H19N3O/c1-14-7-6-13-10(14)2-5-12-8-11(9-15)3-4-11/h6-7,12,15H,2-5,8-9H2,1H3. The molecular formula is C11H19N3O. The topological polar surface area (TPSA) is 50.1 Å². The van der Waals surface area contributed by atoms with Crippen molar-refractivity contribution >= 4 is 0 Å². The highest BCUT2D eigenvalue weighted by molar-refractivity contribution is 4.95. The summed E-state index contributed by atoms with van der Waals surface area (Å²) in [5.74, 6) is 1.11. The molecule has 4 heteroatoms. The van der Waals surface area contributed by atoms with Gasteiger partial charge in [-0.2, -0.15) is 0 Å². The zero-order valence-corrected chi connectivity index (χ0v) is 9.24. The third kappa shape index (κ3) is 2.58. The van der Waals surface area contributed by atoms with E-state index in [1.54, 1.807) is 0 Å². The van der Waals surface area contributed by atoms with E-state index in [0.717, 1.165) is 25.3 Å². The summed E-state index contributed by atoms with van der Waals surface area (Å²) in [4.78, 5) is 4.26. The molecule has 0 radical (unpaired) electrons. The van der Waals surface area contributed by atoms with Crippen molar-refractivity contribution in [3.8, 4) is 0 Å². The molecule has 0 amide bonds. The van der Waals surface area contributed by atoms with Gasteiger partial charge in [0.25, 0.3) is 0 Å². The average molecular weight is 209 g/mol. The molecule has 4 nitrogen and oxygen atoms in total. The van der Waals surface area contributed by atoms with E-state index in [1.165, 1.54) is 12.8 Å². The van der Waals surface area contributed by atoms with Gasteiger partial charge in [-0.25, -0.2) is 4.98 Å². The maximum Gasteiger partial charge on any atom is 0.109 e. The van der Waals surface area contributed by atoms with E-state index in [2.05, 4.69) is 10.3 Å². The minimum atomic E-state index is 0.210. The van der Waals surface area contributed by atoms with Crippen LogP contribution in [0.1, 0.15) is 18.7 Å². The minimum absolute atomic E-state index is 0.210. The Morgan fingerprint density at radius 1 is 1.60 bits per heavy atom. The molecule has 1 saturated carbocycles. The number of aromatic nitrogens is 2. The molecule has 84 valence electrons. The van der Waals surface area contributed by atoms with E-state index in [4.69, 9.17) is 5.11 Å². The van der Waals surface area contributed by atoms with Crippen LogP contribution in [0.3, 0.4) is 0 Å². The van der Waals surface area contributed by atoms with Gasteiger partial charge in [0.2, 0.25) is 0 Å². The zero-order chi connectivity index (χ0) is 10.7. The SMILES string of the molecule is Cn1ccnc1CCNCC1(CO)CC1. The predicted molar refractivity (Wildman–Crippen MR) is 58.5 cm³/mol. The van der Waals surface area contributed by atoms with Gasteiger partial charge in [-0.15, -0.1) is 0 Å². The molecule has 0 unspecified atom stereocenters. The first-order chi connectivity index (χ1) is 7.26. The summed E-state index contributed by atoms with van der Waals surface area (Å²) in [6, 6.07) is 0. The molecule has 0 aromatic carbocycles. The molecule has 0 saturated heterocycles. The number of aliphatic hydroxyl groups is 1. The van der Waals surface area contributed by atoms with Crippen LogP contribution >= 0.6 is 0 Å². The lowest BCUT2D eigenvalue weighted by Crippen LogP contribution is -2.28. The van der Waals surface area contributed by atoms with Crippen LogP contribution in [0.15, 0.2) is 12.4 Å². The molecule has 1 aliphatic rings. The molecule has 1 fully saturated rings. The molecule has 0 bridgehead atoms. The molecule has 1 aromatic rings. The highest BCUT2D eigenvalue weighted by Gasteiger charge is 2.41. The summed E-state index contributed by atoms with van der Waals surface area (Å²) in [5.41, 5.74) is 0.210. The smallest absolute Gasteiger partial charge is 0.109 e. The Hall–Kier alpha value is -0.870. The summed E-state index contributed by atoms with van der Waals surface area (Å²) in [5, 5.41) is 12.5. The predicted octanol–water partition coefficient (Wildman–Crippen LogP) is 0.325. The summed E-state index contributed by atoms with van der Waals surface area (Å²) in [7, 11) is 2.01. The van der Waals surface area contributed by atoms with E-state index in [0.29, 0.717) is 6.61 Å². The van der Waals surface area contributed by atoms with Gasteiger partial charge >= 0.3 is 0 Å². The van der Waals surface area contributed by atoms with Crippen molar-refractivity contribution < 1.29 is 5.11 Å². The Labute approximate surface area is 90.3 Å². The van der Waals surface area contributed by atoms with Crippen LogP contribution in [-0.4, -0.2) is 34.4 Å². The lowest BCUT2D eigenvalue weighted by atomic mass is 10.1. The molecule has 1 heterocycles. The van der Waals surface area contributed by atoms with Crippen molar-refractivity contribution in [2.24, 2.45) is 12.5 Å². The fourth-order valence-corrected chi connectivity index (χ4v) is 1.76. The second-order valence-electron chi connectivity index (χ2n) is 4.54. The Bertz CT molecular complexity index is 317. The Balaban J connectivity index is 1.65. The Morgan fingerprint density at radius 2 is 2.40 bits per heavy atom. The molecule has 0 spiro atoms. The minimum Gasteiger partial charge on any atom is -0.396 e. The molecule has 2 rings (SSSR count). The fourth-order valence-electron chi connectivity index (χ4n) is 1.76. The van der Waals surface area contributed by atoms with E-state index in [1.807, 2.05) is 24.0 Å². The highest BCUT2D eigenvalue weighted by Crippen LogP contribution is 2.44. The second kappa shape index (κ2) is 4.33. The number of nitrogens with zero attached hydrogens (tertiary/aromatic N) is 2. The first-order valence-electron chi connectivity index (χ1n) is 5.54. The number of rotatable bonds is 6. The number of hydrogen-bond donors (Lipinski definition) is 2. The quantitative estimate of drug-likeness (QED) is 0.664. The summed E-state index contributed by atoms with van der Waals surface area (Å²) < 4.78 is 2.04. The Kier molecular flexibility index (Phi) is 3.07. The van der Waals surface area contributed by atoms with E-state index in [-0.39, 0.29) is 5.41 Å².